The fourth-order valence-corrected chi connectivity index (χ4v) is 4.96. The maximum atomic E-state index is 12.9. The number of aryl methyl sites for hydroxylation is 1. The SMILES string of the molecule is COc1ccc(C(=O)N[C@H](C)c2cccc(C(=O)Nc3nc4c(s3)CN(C)CC4)c2)cc1C.O=C(O)C(F)(F)F. The molecule has 0 bridgehead atoms. The number of hydrogen-bond donors (Lipinski definition) is 3. The van der Waals surface area contributed by atoms with Crippen molar-refractivity contribution in [2.24, 2.45) is 0 Å². The standard InChI is InChI=1S/C25H28N4O3S.C2HF3O2/c1-15-12-19(8-9-21(15)32-4)23(30)26-16(2)17-6-5-7-18(13-17)24(31)28-25-27-20-10-11-29(3)14-22(20)33-25;3-2(4,5)1(6)7/h5-9,12-13,16H,10-11,14H2,1-4H3,(H,26,30)(H,27,28,31);(H,6,7)/t16-;/m1./s1. The number of amides is 2. The number of anilines is 1. The average Bonchev–Trinajstić information content (AvgIpc) is 3.29. The Bertz CT molecular complexity index is 1390. The third-order valence-electron chi connectivity index (χ3n) is 6.04. The second-order valence-electron chi connectivity index (χ2n) is 9.14. The lowest BCUT2D eigenvalue weighted by molar-refractivity contribution is -0.192. The van der Waals surface area contributed by atoms with Gasteiger partial charge in [-0.1, -0.05) is 12.1 Å². The number of carbonyl (C=O) groups excluding carboxylic acids is 2. The molecule has 9 nitrogen and oxygen atoms in total. The summed E-state index contributed by atoms with van der Waals surface area (Å²) in [5, 5.41) is 13.7. The zero-order chi connectivity index (χ0) is 29.6. The number of hydrogen-bond acceptors (Lipinski definition) is 7. The minimum absolute atomic E-state index is 0.179. The molecule has 0 aliphatic carbocycles. The first kappa shape index (κ1) is 30.6. The van der Waals surface area contributed by atoms with Crippen LogP contribution in [0.4, 0.5) is 18.3 Å². The molecular formula is C27H29F3N4O5S. The molecule has 2 amide bonds. The molecule has 3 N–H and O–H groups in total. The number of benzene rings is 2. The Balaban J connectivity index is 0.000000559. The van der Waals surface area contributed by atoms with Crippen molar-refractivity contribution in [3.05, 3.63) is 75.3 Å². The molecule has 1 aliphatic heterocycles. The van der Waals surface area contributed by atoms with Gasteiger partial charge in [-0.2, -0.15) is 13.2 Å². The molecule has 2 aromatic carbocycles. The average molecular weight is 579 g/mol. The number of halogens is 3. The number of nitrogens with zero attached hydrogens (tertiary/aromatic N) is 2. The Kier molecular flexibility index (Phi) is 9.88. The van der Waals surface area contributed by atoms with Gasteiger partial charge in [0.2, 0.25) is 0 Å². The number of aliphatic carboxylic acids is 1. The molecule has 2 heterocycles. The van der Waals surface area contributed by atoms with E-state index in [0.29, 0.717) is 16.3 Å². The van der Waals surface area contributed by atoms with Crippen molar-refractivity contribution >= 4 is 34.3 Å². The monoisotopic (exact) mass is 578 g/mol. The molecule has 13 heteroatoms. The molecule has 1 atom stereocenters. The highest BCUT2D eigenvalue weighted by atomic mass is 32.1. The predicted octanol–water partition coefficient (Wildman–Crippen LogP) is 4.82. The topological polar surface area (TPSA) is 121 Å². The number of rotatable bonds is 6. The summed E-state index contributed by atoms with van der Waals surface area (Å²) < 4.78 is 37.0. The number of aromatic nitrogens is 1. The second kappa shape index (κ2) is 12.9. The van der Waals surface area contributed by atoms with Crippen LogP contribution in [0.2, 0.25) is 0 Å². The van der Waals surface area contributed by atoms with E-state index >= 15 is 0 Å². The van der Waals surface area contributed by atoms with Crippen LogP contribution in [0.15, 0.2) is 42.5 Å². The summed E-state index contributed by atoms with van der Waals surface area (Å²) in [6, 6.07) is 12.4. The first-order valence-electron chi connectivity index (χ1n) is 12.1. The van der Waals surface area contributed by atoms with Crippen LogP contribution < -0.4 is 15.4 Å². The van der Waals surface area contributed by atoms with Gasteiger partial charge in [0.05, 0.1) is 18.8 Å². The van der Waals surface area contributed by atoms with Crippen molar-refractivity contribution in [2.75, 3.05) is 26.0 Å². The van der Waals surface area contributed by atoms with Gasteiger partial charge in [0, 0.05) is 35.5 Å². The smallest absolute Gasteiger partial charge is 0.490 e. The van der Waals surface area contributed by atoms with E-state index in [4.69, 9.17) is 14.6 Å². The molecule has 1 aliphatic rings. The zero-order valence-electron chi connectivity index (χ0n) is 22.3. The van der Waals surface area contributed by atoms with Crippen LogP contribution in [-0.4, -0.2) is 59.7 Å². The highest BCUT2D eigenvalue weighted by Crippen LogP contribution is 2.28. The minimum Gasteiger partial charge on any atom is -0.496 e. The van der Waals surface area contributed by atoms with E-state index in [2.05, 4.69) is 27.6 Å². The van der Waals surface area contributed by atoms with Gasteiger partial charge < -0.3 is 20.1 Å². The molecule has 0 spiro atoms. The molecule has 0 unspecified atom stereocenters. The van der Waals surface area contributed by atoms with Gasteiger partial charge in [-0.25, -0.2) is 9.78 Å². The minimum atomic E-state index is -5.08. The van der Waals surface area contributed by atoms with Gasteiger partial charge in [-0.05, 0) is 62.4 Å². The number of carboxylic acid groups (broad SMARTS) is 1. The van der Waals surface area contributed by atoms with E-state index in [1.165, 1.54) is 16.2 Å². The van der Waals surface area contributed by atoms with Crippen LogP contribution in [0, 0.1) is 6.92 Å². The third kappa shape index (κ3) is 8.02. The highest BCUT2D eigenvalue weighted by Gasteiger charge is 2.38. The van der Waals surface area contributed by atoms with Crippen LogP contribution in [0.1, 0.15) is 55.4 Å². The third-order valence-corrected chi connectivity index (χ3v) is 7.04. The first-order valence-corrected chi connectivity index (χ1v) is 12.9. The van der Waals surface area contributed by atoms with Gasteiger partial charge in [0.15, 0.2) is 5.13 Å². The summed E-state index contributed by atoms with van der Waals surface area (Å²) in [6.07, 6.45) is -4.18. The van der Waals surface area contributed by atoms with E-state index in [1.54, 1.807) is 37.4 Å². The van der Waals surface area contributed by atoms with E-state index in [-0.39, 0.29) is 17.9 Å². The number of methoxy groups -OCH3 is 1. The largest absolute Gasteiger partial charge is 0.496 e. The van der Waals surface area contributed by atoms with E-state index in [9.17, 15) is 22.8 Å². The Labute approximate surface area is 233 Å². The Morgan fingerprint density at radius 1 is 1.12 bits per heavy atom. The number of carbonyl (C=O) groups is 3. The van der Waals surface area contributed by atoms with Gasteiger partial charge >= 0.3 is 12.1 Å². The molecule has 40 heavy (non-hydrogen) atoms. The van der Waals surface area contributed by atoms with E-state index < -0.39 is 12.1 Å². The van der Waals surface area contributed by atoms with Gasteiger partial charge in [0.1, 0.15) is 5.75 Å². The van der Waals surface area contributed by atoms with Crippen LogP contribution >= 0.6 is 11.3 Å². The summed E-state index contributed by atoms with van der Waals surface area (Å²) in [6.45, 7) is 5.64. The van der Waals surface area contributed by atoms with Crippen LogP contribution in [0.5, 0.6) is 5.75 Å². The molecule has 0 radical (unpaired) electrons. The normalized spacial score (nSPS) is 13.8. The van der Waals surface area contributed by atoms with Crippen molar-refractivity contribution in [3.8, 4) is 5.75 Å². The summed E-state index contributed by atoms with van der Waals surface area (Å²) in [7, 11) is 3.69. The van der Waals surface area contributed by atoms with Crippen LogP contribution in [-0.2, 0) is 17.8 Å². The summed E-state index contributed by atoms with van der Waals surface area (Å²) >= 11 is 1.53. The predicted molar refractivity (Wildman–Crippen MR) is 144 cm³/mol. The number of likely N-dealkylation sites (N-methyl/N-ethyl adjacent to an activating group) is 1. The fourth-order valence-electron chi connectivity index (χ4n) is 3.88. The first-order chi connectivity index (χ1) is 18.8. The lowest BCUT2D eigenvalue weighted by Crippen LogP contribution is -2.27. The second-order valence-corrected chi connectivity index (χ2v) is 10.2. The molecule has 0 saturated heterocycles. The number of carboxylic acids is 1. The molecule has 1 aromatic heterocycles. The van der Waals surface area contributed by atoms with Gasteiger partial charge in [0.25, 0.3) is 11.8 Å². The maximum absolute atomic E-state index is 12.9. The lowest BCUT2D eigenvalue weighted by Gasteiger charge is -2.20. The number of nitrogens with one attached hydrogen (secondary N) is 2. The van der Waals surface area contributed by atoms with Crippen molar-refractivity contribution in [1.82, 2.24) is 15.2 Å². The molecule has 214 valence electrons. The highest BCUT2D eigenvalue weighted by molar-refractivity contribution is 7.15. The molecule has 0 fully saturated rings. The summed E-state index contributed by atoms with van der Waals surface area (Å²) in [5.74, 6) is -2.40. The zero-order valence-corrected chi connectivity index (χ0v) is 23.1. The summed E-state index contributed by atoms with van der Waals surface area (Å²) in [4.78, 5) is 42.5. The molecular weight excluding hydrogens is 549 g/mol. The van der Waals surface area contributed by atoms with Crippen LogP contribution in [0.25, 0.3) is 0 Å². The fraction of sp³-hybridized carbons (Fsp3) is 0.333. The van der Waals surface area contributed by atoms with Crippen LogP contribution in [0.3, 0.4) is 0 Å². The molecule has 3 aromatic rings. The Morgan fingerprint density at radius 2 is 1.80 bits per heavy atom. The van der Waals surface area contributed by atoms with Crippen molar-refractivity contribution in [2.45, 2.75) is 39.0 Å². The van der Waals surface area contributed by atoms with E-state index in [0.717, 1.165) is 42.1 Å². The molecule has 0 saturated carbocycles. The lowest BCUT2D eigenvalue weighted by atomic mass is 10.0. The van der Waals surface area contributed by atoms with Gasteiger partial charge in [-0.15, -0.1) is 11.3 Å². The Morgan fingerprint density at radius 3 is 2.42 bits per heavy atom. The summed E-state index contributed by atoms with van der Waals surface area (Å²) in [5.41, 5.74) is 3.91. The quantitative estimate of drug-likeness (QED) is 0.383. The Hall–Kier alpha value is -3.97. The number of alkyl halides is 3. The maximum Gasteiger partial charge on any atom is 0.490 e. The molecule has 4 rings (SSSR count). The van der Waals surface area contributed by atoms with Crippen molar-refractivity contribution < 1.29 is 37.4 Å². The number of thiazole rings is 1. The van der Waals surface area contributed by atoms with Crippen molar-refractivity contribution in [1.29, 1.82) is 0 Å². The number of ether oxygens (including phenoxy) is 1. The van der Waals surface area contributed by atoms with Crippen molar-refractivity contribution in [3.63, 3.8) is 0 Å². The van der Waals surface area contributed by atoms with E-state index in [1.807, 2.05) is 26.0 Å². The van der Waals surface area contributed by atoms with Gasteiger partial charge in [-0.3, -0.25) is 14.9 Å². The number of fused-ring (bicyclic) bond motifs is 1.